The molecule has 0 aliphatic heterocycles. The lowest BCUT2D eigenvalue weighted by molar-refractivity contribution is 0.0450. The van der Waals surface area contributed by atoms with E-state index in [-0.39, 0.29) is 19.8 Å². The summed E-state index contributed by atoms with van der Waals surface area (Å²) >= 11 is 0. The molecule has 0 saturated carbocycles. The van der Waals surface area contributed by atoms with Crippen molar-refractivity contribution in [3.05, 3.63) is 0 Å². The molecule has 0 aromatic heterocycles. The van der Waals surface area contributed by atoms with Crippen molar-refractivity contribution >= 4 is 0 Å². The minimum Gasteiger partial charge on any atom is -0.394 e. The molecule has 5 N–H and O–H groups in total. The standard InChI is InChI=1S/C3H8O3.C3H8O2.C2H6O/c4-1-3(6)2-5;1-3(5)2-4;1-3-2/h3-6H,1-2H2;3-5H,2H2,1H3;1-2H3. The minimum atomic E-state index is -0.954. The van der Waals surface area contributed by atoms with Crippen LogP contribution in [0, 0.1) is 0 Å². The molecule has 0 saturated heterocycles. The topological polar surface area (TPSA) is 110 Å². The first kappa shape index (κ1) is 19.4. The van der Waals surface area contributed by atoms with Crippen molar-refractivity contribution in [1.29, 1.82) is 0 Å². The van der Waals surface area contributed by atoms with E-state index in [4.69, 9.17) is 25.5 Å². The monoisotopic (exact) mass is 214 g/mol. The summed E-state index contributed by atoms with van der Waals surface area (Å²) in [5, 5.41) is 40.0. The van der Waals surface area contributed by atoms with Crippen LogP contribution in [0.25, 0.3) is 0 Å². The molecule has 90 valence electrons. The maximum absolute atomic E-state index is 8.17. The van der Waals surface area contributed by atoms with Crippen molar-refractivity contribution in [3.63, 3.8) is 0 Å². The van der Waals surface area contributed by atoms with E-state index in [1.807, 2.05) is 0 Å². The summed E-state index contributed by atoms with van der Waals surface area (Å²) in [4.78, 5) is 0. The maximum Gasteiger partial charge on any atom is 0.100 e. The Morgan fingerprint density at radius 1 is 0.929 bits per heavy atom. The molecule has 1 unspecified atom stereocenters. The van der Waals surface area contributed by atoms with Gasteiger partial charge in [-0.15, -0.1) is 0 Å². The van der Waals surface area contributed by atoms with E-state index in [0.717, 1.165) is 0 Å². The van der Waals surface area contributed by atoms with Crippen LogP contribution < -0.4 is 0 Å². The predicted molar refractivity (Wildman–Crippen MR) is 51.9 cm³/mol. The Kier molecular flexibility index (Phi) is 25.6. The summed E-state index contributed by atoms with van der Waals surface area (Å²) in [6.07, 6.45) is -1.51. The predicted octanol–water partition coefficient (Wildman–Crippen LogP) is -2.05. The minimum absolute atomic E-state index is 0.139. The van der Waals surface area contributed by atoms with Gasteiger partial charge < -0.3 is 30.3 Å². The molecule has 0 fully saturated rings. The van der Waals surface area contributed by atoms with E-state index in [2.05, 4.69) is 4.74 Å². The molecule has 6 heteroatoms. The molecule has 0 aliphatic rings. The fourth-order valence-electron chi connectivity index (χ4n) is 0.0577. The quantitative estimate of drug-likeness (QED) is 0.370. The van der Waals surface area contributed by atoms with Crippen LogP contribution in [-0.2, 0) is 4.74 Å². The smallest absolute Gasteiger partial charge is 0.100 e. The van der Waals surface area contributed by atoms with E-state index in [0.29, 0.717) is 0 Å². The number of hydrogen-bond donors (Lipinski definition) is 5. The molecule has 0 bridgehead atoms. The van der Waals surface area contributed by atoms with Crippen molar-refractivity contribution in [1.82, 2.24) is 0 Å². The van der Waals surface area contributed by atoms with Crippen molar-refractivity contribution in [2.45, 2.75) is 19.1 Å². The average molecular weight is 214 g/mol. The fourth-order valence-corrected chi connectivity index (χ4v) is 0.0577. The molecule has 0 rings (SSSR count). The van der Waals surface area contributed by atoms with Crippen LogP contribution in [0.2, 0.25) is 0 Å². The first-order valence-electron chi connectivity index (χ1n) is 4.08. The second kappa shape index (κ2) is 18.5. The van der Waals surface area contributed by atoms with Gasteiger partial charge in [-0.2, -0.15) is 0 Å². The first-order chi connectivity index (χ1) is 6.49. The van der Waals surface area contributed by atoms with Gasteiger partial charge in [0, 0.05) is 14.2 Å². The molecule has 0 aromatic rings. The van der Waals surface area contributed by atoms with Crippen LogP contribution in [-0.4, -0.2) is 71.8 Å². The highest BCUT2D eigenvalue weighted by Crippen LogP contribution is 1.71. The van der Waals surface area contributed by atoms with Crippen molar-refractivity contribution < 1.29 is 30.3 Å². The Morgan fingerprint density at radius 2 is 1.14 bits per heavy atom. The Morgan fingerprint density at radius 3 is 1.14 bits per heavy atom. The zero-order valence-electron chi connectivity index (χ0n) is 8.92. The van der Waals surface area contributed by atoms with Crippen LogP contribution in [0.3, 0.4) is 0 Å². The average Bonchev–Trinajstić information content (AvgIpc) is 2.18. The number of methoxy groups -OCH3 is 1. The number of aliphatic hydroxyl groups is 5. The highest BCUT2D eigenvalue weighted by Gasteiger charge is 1.93. The summed E-state index contributed by atoms with van der Waals surface area (Å²) in [6, 6.07) is 0. The summed E-state index contributed by atoms with van der Waals surface area (Å²) < 4.78 is 4.25. The van der Waals surface area contributed by atoms with Crippen LogP contribution >= 0.6 is 0 Å². The molecule has 0 aromatic carbocycles. The number of ether oxygens (including phenoxy) is 1. The van der Waals surface area contributed by atoms with Gasteiger partial charge in [0.25, 0.3) is 0 Å². The Hall–Kier alpha value is -0.240. The lowest BCUT2D eigenvalue weighted by Gasteiger charge is -1.96. The summed E-state index contributed by atoms with van der Waals surface area (Å²) in [5.41, 5.74) is 0. The van der Waals surface area contributed by atoms with Crippen LogP contribution in [0.15, 0.2) is 0 Å². The molecule has 0 amide bonds. The fraction of sp³-hybridized carbons (Fsp3) is 1.00. The van der Waals surface area contributed by atoms with E-state index in [1.165, 1.54) is 6.92 Å². The van der Waals surface area contributed by atoms with E-state index in [9.17, 15) is 0 Å². The third kappa shape index (κ3) is 41.0. The lowest BCUT2D eigenvalue weighted by atomic mass is 10.4. The highest BCUT2D eigenvalue weighted by molar-refractivity contribution is 4.44. The lowest BCUT2D eigenvalue weighted by Crippen LogP contribution is -2.15. The van der Waals surface area contributed by atoms with Gasteiger partial charge in [0.05, 0.1) is 25.9 Å². The van der Waals surface area contributed by atoms with Crippen molar-refractivity contribution in [2.24, 2.45) is 0 Å². The summed E-state index contributed by atoms with van der Waals surface area (Å²) in [5.74, 6) is 0. The largest absolute Gasteiger partial charge is 0.394 e. The third-order valence-electron chi connectivity index (χ3n) is 0.686. The zero-order valence-corrected chi connectivity index (χ0v) is 8.92. The molecule has 0 aliphatic carbocycles. The Bertz CT molecular complexity index is 74.2. The summed E-state index contributed by atoms with van der Waals surface area (Å²) in [6.45, 7) is 0.660. The van der Waals surface area contributed by atoms with Crippen LogP contribution in [0.5, 0.6) is 0 Å². The normalized spacial score (nSPS) is 10.9. The molecule has 14 heavy (non-hydrogen) atoms. The van der Waals surface area contributed by atoms with Crippen LogP contribution in [0.1, 0.15) is 6.92 Å². The second-order valence-electron chi connectivity index (χ2n) is 2.46. The molecule has 1 atom stereocenters. The number of rotatable bonds is 3. The van der Waals surface area contributed by atoms with E-state index in [1.54, 1.807) is 14.2 Å². The molecule has 0 spiro atoms. The molecule has 0 radical (unpaired) electrons. The van der Waals surface area contributed by atoms with Crippen molar-refractivity contribution in [3.8, 4) is 0 Å². The van der Waals surface area contributed by atoms with Gasteiger partial charge >= 0.3 is 0 Å². The van der Waals surface area contributed by atoms with Gasteiger partial charge in [-0.25, -0.2) is 0 Å². The Balaban J connectivity index is -0.000000138. The van der Waals surface area contributed by atoms with Gasteiger partial charge in [0.15, 0.2) is 0 Å². The van der Waals surface area contributed by atoms with E-state index < -0.39 is 12.2 Å². The second-order valence-corrected chi connectivity index (χ2v) is 2.46. The molecule has 6 nitrogen and oxygen atoms in total. The van der Waals surface area contributed by atoms with Crippen molar-refractivity contribution in [2.75, 3.05) is 34.0 Å². The SMILES string of the molecule is CC(O)CO.COC.OCC(O)CO. The maximum atomic E-state index is 8.17. The molecular weight excluding hydrogens is 192 g/mol. The third-order valence-corrected chi connectivity index (χ3v) is 0.686. The van der Waals surface area contributed by atoms with Gasteiger partial charge in [0.2, 0.25) is 0 Å². The zero-order chi connectivity index (χ0) is 12.0. The first-order valence-corrected chi connectivity index (χ1v) is 4.08. The molecule has 0 heterocycles. The molecular formula is C8H22O6. The Labute approximate surface area is 84.4 Å². The number of aliphatic hydroxyl groups excluding tert-OH is 5. The highest BCUT2D eigenvalue weighted by atomic mass is 16.4. The van der Waals surface area contributed by atoms with Crippen LogP contribution in [0.4, 0.5) is 0 Å². The van der Waals surface area contributed by atoms with Gasteiger partial charge in [-0.1, -0.05) is 0 Å². The number of hydrogen-bond acceptors (Lipinski definition) is 6. The van der Waals surface area contributed by atoms with Gasteiger partial charge in [0.1, 0.15) is 6.10 Å². The van der Waals surface area contributed by atoms with Gasteiger partial charge in [-0.3, -0.25) is 0 Å². The van der Waals surface area contributed by atoms with Gasteiger partial charge in [-0.05, 0) is 6.92 Å². The summed E-state index contributed by atoms with van der Waals surface area (Å²) in [7, 11) is 3.25. The van der Waals surface area contributed by atoms with E-state index >= 15 is 0 Å².